The Balaban J connectivity index is 2.62. The lowest BCUT2D eigenvalue weighted by Crippen LogP contribution is -2.33. The summed E-state index contributed by atoms with van der Waals surface area (Å²) in [6.07, 6.45) is -0.189. The van der Waals surface area contributed by atoms with Gasteiger partial charge in [0.25, 0.3) is 0 Å². The highest BCUT2D eigenvalue weighted by Gasteiger charge is 2.14. The van der Waals surface area contributed by atoms with Crippen molar-refractivity contribution in [2.75, 3.05) is 18.4 Å². The Morgan fingerprint density at radius 3 is 2.11 bits per heavy atom. The minimum atomic E-state index is -0.379. The molecule has 1 aromatic carbocycles. The molecule has 0 aliphatic rings. The summed E-state index contributed by atoms with van der Waals surface area (Å²) in [4.78, 5) is 25.1. The van der Waals surface area contributed by atoms with E-state index in [9.17, 15) is 9.59 Å². The monoisotopic (exact) mass is 302 g/mol. The largest absolute Gasteiger partial charge is 0.343 e. The smallest absolute Gasteiger partial charge is 0.233 e. The summed E-state index contributed by atoms with van der Waals surface area (Å²) in [5.74, 6) is -0.578. The third-order valence-electron chi connectivity index (χ3n) is 2.57. The molecule has 6 heteroatoms. The Kier molecular flexibility index (Phi) is 6.12. The zero-order chi connectivity index (χ0) is 14.4. The zero-order valence-electron chi connectivity index (χ0n) is 10.9. The first-order valence-corrected chi connectivity index (χ1v) is 6.75. The molecule has 0 heterocycles. The molecule has 1 aromatic rings. The number of benzene rings is 1. The summed E-state index contributed by atoms with van der Waals surface area (Å²) in [5, 5.41) is 3.46. The number of amides is 2. The van der Waals surface area contributed by atoms with E-state index in [0.717, 1.165) is 0 Å². The number of carbonyl (C=O) groups excluding carboxylic acids is 2. The van der Waals surface area contributed by atoms with Gasteiger partial charge in [-0.05, 0) is 32.0 Å². The van der Waals surface area contributed by atoms with Crippen molar-refractivity contribution in [1.82, 2.24) is 4.90 Å². The van der Waals surface area contributed by atoms with E-state index < -0.39 is 0 Å². The Hall–Kier alpha value is -1.26. The van der Waals surface area contributed by atoms with Crippen molar-refractivity contribution >= 4 is 40.7 Å². The maximum Gasteiger partial charge on any atom is 0.233 e. The van der Waals surface area contributed by atoms with Gasteiger partial charge in [0.05, 0.1) is 0 Å². The highest BCUT2D eigenvalue weighted by atomic mass is 35.5. The highest BCUT2D eigenvalue weighted by Crippen LogP contribution is 2.22. The van der Waals surface area contributed by atoms with Crippen LogP contribution in [0, 0.1) is 0 Å². The van der Waals surface area contributed by atoms with Crippen molar-refractivity contribution in [1.29, 1.82) is 0 Å². The van der Waals surface area contributed by atoms with Crippen LogP contribution in [0.3, 0.4) is 0 Å². The van der Waals surface area contributed by atoms with Crippen LogP contribution in [0.1, 0.15) is 20.3 Å². The number of rotatable bonds is 5. The van der Waals surface area contributed by atoms with Gasteiger partial charge in [-0.1, -0.05) is 23.2 Å². The third-order valence-corrected chi connectivity index (χ3v) is 3.01. The minimum absolute atomic E-state index is 0.189. The molecule has 0 aliphatic heterocycles. The van der Waals surface area contributed by atoms with Crippen molar-refractivity contribution in [2.45, 2.75) is 20.3 Å². The van der Waals surface area contributed by atoms with E-state index >= 15 is 0 Å². The van der Waals surface area contributed by atoms with Gasteiger partial charge >= 0.3 is 0 Å². The Labute approximate surface area is 122 Å². The fourth-order valence-electron chi connectivity index (χ4n) is 1.66. The van der Waals surface area contributed by atoms with Crippen molar-refractivity contribution in [3.63, 3.8) is 0 Å². The van der Waals surface area contributed by atoms with Crippen LogP contribution in [0.15, 0.2) is 18.2 Å². The second kappa shape index (κ2) is 7.36. The topological polar surface area (TPSA) is 49.4 Å². The maximum absolute atomic E-state index is 11.8. The number of hydrogen-bond donors (Lipinski definition) is 1. The van der Waals surface area contributed by atoms with E-state index in [2.05, 4.69) is 5.32 Å². The number of hydrogen-bond acceptors (Lipinski definition) is 2. The summed E-state index contributed by atoms with van der Waals surface area (Å²) in [6.45, 7) is 4.92. The van der Waals surface area contributed by atoms with E-state index in [1.54, 1.807) is 23.1 Å². The van der Waals surface area contributed by atoms with E-state index in [4.69, 9.17) is 23.2 Å². The summed E-state index contributed by atoms with van der Waals surface area (Å²) in [5.41, 5.74) is 0.481. The molecule has 0 spiro atoms. The number of halogens is 2. The van der Waals surface area contributed by atoms with Crippen molar-refractivity contribution in [3.8, 4) is 0 Å². The first kappa shape index (κ1) is 15.8. The van der Waals surface area contributed by atoms with Gasteiger partial charge in [-0.15, -0.1) is 0 Å². The molecule has 0 radical (unpaired) electrons. The molecule has 1 N–H and O–H groups in total. The van der Waals surface area contributed by atoms with Crippen LogP contribution in [0.2, 0.25) is 10.0 Å². The summed E-state index contributed by atoms with van der Waals surface area (Å²) < 4.78 is 0. The molecule has 0 bridgehead atoms. The SMILES string of the molecule is CCN(CC)C(=O)CC(=O)Nc1cc(Cl)cc(Cl)c1. The zero-order valence-corrected chi connectivity index (χ0v) is 12.4. The van der Waals surface area contributed by atoms with Gasteiger partial charge in [-0.25, -0.2) is 0 Å². The average molecular weight is 303 g/mol. The van der Waals surface area contributed by atoms with E-state index in [-0.39, 0.29) is 18.2 Å². The predicted octanol–water partition coefficient (Wildman–Crippen LogP) is 3.19. The van der Waals surface area contributed by atoms with Gasteiger partial charge in [-0.3, -0.25) is 9.59 Å². The molecular formula is C13H16Cl2N2O2. The van der Waals surface area contributed by atoms with Crippen LogP contribution in [0.25, 0.3) is 0 Å². The first-order chi connectivity index (χ1) is 8.96. The van der Waals surface area contributed by atoms with Crippen LogP contribution in [0.4, 0.5) is 5.69 Å². The van der Waals surface area contributed by atoms with Gasteiger partial charge in [0.15, 0.2) is 0 Å². The Bertz CT molecular complexity index is 453. The van der Waals surface area contributed by atoms with Crippen LogP contribution in [-0.4, -0.2) is 29.8 Å². The number of anilines is 1. The summed E-state index contributed by atoms with van der Waals surface area (Å²) >= 11 is 11.6. The fourth-order valence-corrected chi connectivity index (χ4v) is 2.18. The molecule has 0 saturated heterocycles. The van der Waals surface area contributed by atoms with Gasteiger partial charge in [-0.2, -0.15) is 0 Å². The second-order valence-corrected chi connectivity index (χ2v) is 4.82. The number of nitrogens with zero attached hydrogens (tertiary/aromatic N) is 1. The van der Waals surface area contributed by atoms with Crippen molar-refractivity contribution in [3.05, 3.63) is 28.2 Å². The normalized spacial score (nSPS) is 10.1. The van der Waals surface area contributed by atoms with Gasteiger partial charge < -0.3 is 10.2 Å². The highest BCUT2D eigenvalue weighted by molar-refractivity contribution is 6.35. The van der Waals surface area contributed by atoms with Crippen molar-refractivity contribution in [2.24, 2.45) is 0 Å². The fraction of sp³-hybridized carbons (Fsp3) is 0.385. The molecule has 0 aliphatic carbocycles. The predicted molar refractivity (Wildman–Crippen MR) is 77.6 cm³/mol. The molecule has 4 nitrogen and oxygen atoms in total. The standard InChI is InChI=1S/C13H16Cl2N2O2/c1-3-17(4-2)13(19)8-12(18)16-11-6-9(14)5-10(15)7-11/h5-7H,3-4,8H2,1-2H3,(H,16,18). The Morgan fingerprint density at radius 1 is 1.11 bits per heavy atom. The number of nitrogens with one attached hydrogen (secondary N) is 1. The van der Waals surface area contributed by atoms with Crippen LogP contribution < -0.4 is 5.32 Å². The summed E-state index contributed by atoms with van der Waals surface area (Å²) in [6, 6.07) is 4.72. The van der Waals surface area contributed by atoms with Gasteiger partial charge in [0.2, 0.25) is 11.8 Å². The minimum Gasteiger partial charge on any atom is -0.343 e. The number of carbonyl (C=O) groups is 2. The lowest BCUT2D eigenvalue weighted by atomic mass is 10.3. The van der Waals surface area contributed by atoms with E-state index in [1.165, 1.54) is 0 Å². The average Bonchev–Trinajstić information content (AvgIpc) is 2.28. The van der Waals surface area contributed by atoms with E-state index in [1.807, 2.05) is 13.8 Å². The lowest BCUT2D eigenvalue weighted by molar-refractivity contribution is -0.134. The van der Waals surface area contributed by atoms with Gasteiger partial charge in [0.1, 0.15) is 6.42 Å². The third kappa shape index (κ3) is 5.09. The molecule has 2 amide bonds. The molecule has 1 rings (SSSR count). The molecule has 104 valence electrons. The molecule has 0 atom stereocenters. The Morgan fingerprint density at radius 2 is 1.63 bits per heavy atom. The summed E-state index contributed by atoms with van der Waals surface area (Å²) in [7, 11) is 0. The molecule has 0 fully saturated rings. The lowest BCUT2D eigenvalue weighted by Gasteiger charge is -2.18. The molecule has 19 heavy (non-hydrogen) atoms. The van der Waals surface area contributed by atoms with Crippen molar-refractivity contribution < 1.29 is 9.59 Å². The maximum atomic E-state index is 11.8. The molecular weight excluding hydrogens is 287 g/mol. The van der Waals surface area contributed by atoms with E-state index in [0.29, 0.717) is 28.8 Å². The van der Waals surface area contributed by atoms with Crippen LogP contribution in [-0.2, 0) is 9.59 Å². The van der Waals surface area contributed by atoms with Gasteiger partial charge in [0, 0.05) is 28.8 Å². The molecule has 0 saturated carbocycles. The molecule has 0 aromatic heterocycles. The second-order valence-electron chi connectivity index (χ2n) is 3.95. The molecule has 0 unspecified atom stereocenters. The first-order valence-electron chi connectivity index (χ1n) is 6.00. The quantitative estimate of drug-likeness (QED) is 0.849. The van der Waals surface area contributed by atoms with Crippen LogP contribution in [0.5, 0.6) is 0 Å². The van der Waals surface area contributed by atoms with Crippen LogP contribution >= 0.6 is 23.2 Å².